The summed E-state index contributed by atoms with van der Waals surface area (Å²) in [6, 6.07) is 10.5. The molecule has 2 aromatic rings. The van der Waals surface area contributed by atoms with Crippen molar-refractivity contribution in [1.29, 1.82) is 0 Å². The van der Waals surface area contributed by atoms with E-state index >= 15 is 0 Å². The second kappa shape index (κ2) is 8.30. The molecule has 0 aliphatic heterocycles. The third-order valence-electron chi connectivity index (χ3n) is 4.10. The van der Waals surface area contributed by atoms with Crippen molar-refractivity contribution in [3.05, 3.63) is 65.5 Å². The highest BCUT2D eigenvalue weighted by Gasteiger charge is 2.22. The van der Waals surface area contributed by atoms with Crippen LogP contribution in [0.3, 0.4) is 0 Å². The molecule has 0 bridgehead atoms. The Labute approximate surface area is 157 Å². The molecule has 144 valence electrons. The highest BCUT2D eigenvalue weighted by molar-refractivity contribution is 7.92. The lowest BCUT2D eigenvalue weighted by Gasteiger charge is -2.14. The van der Waals surface area contributed by atoms with E-state index in [0.717, 1.165) is 12.1 Å². The first-order chi connectivity index (χ1) is 12.6. The summed E-state index contributed by atoms with van der Waals surface area (Å²) >= 11 is 0. The Bertz CT molecular complexity index is 922. The molecule has 2 N–H and O–H groups in total. The summed E-state index contributed by atoms with van der Waals surface area (Å²) in [5.41, 5.74) is 0.573. The molecule has 0 aliphatic carbocycles. The number of carbonyl (C=O) groups excluding carboxylic acids is 1. The molecule has 0 aromatic heterocycles. The predicted octanol–water partition coefficient (Wildman–Crippen LogP) is 2.61. The van der Waals surface area contributed by atoms with Crippen LogP contribution >= 0.6 is 0 Å². The van der Waals surface area contributed by atoms with Gasteiger partial charge in [0.05, 0.1) is 16.1 Å². The Morgan fingerprint density at radius 2 is 1.59 bits per heavy atom. The number of rotatable bonds is 7. The van der Waals surface area contributed by atoms with Gasteiger partial charge in [0.2, 0.25) is 0 Å². The van der Waals surface area contributed by atoms with Crippen molar-refractivity contribution in [1.82, 2.24) is 5.32 Å². The summed E-state index contributed by atoms with van der Waals surface area (Å²) in [4.78, 5) is 23.8. The van der Waals surface area contributed by atoms with Gasteiger partial charge in [-0.15, -0.1) is 0 Å². The zero-order valence-corrected chi connectivity index (χ0v) is 15.7. The second-order valence-electron chi connectivity index (χ2n) is 6.27. The van der Waals surface area contributed by atoms with Gasteiger partial charge in [-0.1, -0.05) is 12.1 Å². The molecule has 0 saturated heterocycles. The van der Waals surface area contributed by atoms with E-state index in [2.05, 4.69) is 5.32 Å². The molecule has 6 nitrogen and oxygen atoms in total. The third kappa shape index (κ3) is 4.91. The molecule has 1 atom stereocenters. The third-order valence-corrected chi connectivity index (χ3v) is 6.27. The number of hydrogen-bond donors (Lipinski definition) is 2. The smallest absolute Gasteiger partial charge is 0.312 e. The molecule has 2 rings (SSSR count). The lowest BCUT2D eigenvalue weighted by atomic mass is 9.99. The minimum absolute atomic E-state index is 0.115. The fourth-order valence-corrected chi connectivity index (χ4v) is 3.47. The van der Waals surface area contributed by atoms with E-state index in [-0.39, 0.29) is 17.0 Å². The number of benzene rings is 2. The number of halogens is 1. The van der Waals surface area contributed by atoms with Gasteiger partial charge in [-0.3, -0.25) is 9.59 Å². The highest BCUT2D eigenvalue weighted by atomic mass is 32.2. The number of carbonyl (C=O) groups is 2. The largest absolute Gasteiger partial charge is 0.481 e. The summed E-state index contributed by atoms with van der Waals surface area (Å²) in [6.45, 7) is 2.95. The molecule has 0 fully saturated rings. The molecule has 1 amide bonds. The number of sulfone groups is 1. The Kier molecular flexibility index (Phi) is 6.32. The van der Waals surface area contributed by atoms with Crippen molar-refractivity contribution in [2.75, 3.05) is 6.54 Å². The molecule has 1 unspecified atom stereocenters. The number of nitrogens with one attached hydrogen (secondary N) is 1. The molecule has 0 radical (unpaired) electrons. The molecule has 0 spiro atoms. The molecule has 0 saturated carbocycles. The summed E-state index contributed by atoms with van der Waals surface area (Å²) < 4.78 is 37.2. The first-order valence-corrected chi connectivity index (χ1v) is 9.78. The van der Waals surface area contributed by atoms with Gasteiger partial charge in [0.25, 0.3) is 5.91 Å². The maximum Gasteiger partial charge on any atom is 0.312 e. The molecular weight excluding hydrogens is 373 g/mol. The van der Waals surface area contributed by atoms with Crippen LogP contribution in [0.5, 0.6) is 0 Å². The van der Waals surface area contributed by atoms with Gasteiger partial charge in [0, 0.05) is 12.1 Å². The van der Waals surface area contributed by atoms with Gasteiger partial charge in [-0.2, -0.15) is 0 Å². The minimum Gasteiger partial charge on any atom is -0.481 e. The molecule has 27 heavy (non-hydrogen) atoms. The zero-order chi connectivity index (χ0) is 20.2. The lowest BCUT2D eigenvalue weighted by Crippen LogP contribution is -2.31. The van der Waals surface area contributed by atoms with Crippen LogP contribution in [0.15, 0.2) is 53.4 Å². The molecule has 8 heteroatoms. The van der Waals surface area contributed by atoms with Crippen LogP contribution in [0, 0.1) is 5.82 Å². The van der Waals surface area contributed by atoms with Crippen LogP contribution in [-0.4, -0.2) is 37.2 Å². The van der Waals surface area contributed by atoms with Crippen LogP contribution < -0.4 is 5.32 Å². The maximum absolute atomic E-state index is 13.0. The van der Waals surface area contributed by atoms with Crippen LogP contribution in [0.25, 0.3) is 0 Å². The number of aliphatic carboxylic acids is 1. The Morgan fingerprint density at radius 1 is 1.04 bits per heavy atom. The van der Waals surface area contributed by atoms with Crippen molar-refractivity contribution >= 4 is 21.7 Å². The monoisotopic (exact) mass is 393 g/mol. The van der Waals surface area contributed by atoms with Gasteiger partial charge in [0.15, 0.2) is 9.84 Å². The SMILES string of the molecule is CC(C)S(=O)(=O)c1ccc(C(=O)NCC(C(=O)O)c2ccc(F)cc2)cc1. The van der Waals surface area contributed by atoms with Gasteiger partial charge in [-0.05, 0) is 55.8 Å². The van der Waals surface area contributed by atoms with Crippen LogP contribution in [0.1, 0.15) is 35.7 Å². The van der Waals surface area contributed by atoms with Crippen molar-refractivity contribution in [2.45, 2.75) is 29.9 Å². The van der Waals surface area contributed by atoms with Crippen molar-refractivity contribution in [2.24, 2.45) is 0 Å². The van der Waals surface area contributed by atoms with E-state index in [1.54, 1.807) is 13.8 Å². The summed E-state index contributed by atoms with van der Waals surface area (Å²) in [7, 11) is -3.44. The van der Waals surface area contributed by atoms with E-state index in [0.29, 0.717) is 5.56 Å². The van der Waals surface area contributed by atoms with E-state index in [1.807, 2.05) is 0 Å². The fourth-order valence-electron chi connectivity index (χ4n) is 2.41. The Balaban J connectivity index is 2.10. The highest BCUT2D eigenvalue weighted by Crippen LogP contribution is 2.18. The van der Waals surface area contributed by atoms with Gasteiger partial charge >= 0.3 is 5.97 Å². The zero-order valence-electron chi connectivity index (χ0n) is 14.8. The summed E-state index contributed by atoms with van der Waals surface area (Å²) in [5.74, 6) is -3.20. The first kappa shape index (κ1) is 20.6. The maximum atomic E-state index is 13.0. The number of amides is 1. The van der Waals surface area contributed by atoms with Crippen LogP contribution in [0.2, 0.25) is 0 Å². The first-order valence-electron chi connectivity index (χ1n) is 8.23. The van der Waals surface area contributed by atoms with E-state index in [4.69, 9.17) is 0 Å². The molecule has 2 aromatic carbocycles. The summed E-state index contributed by atoms with van der Waals surface area (Å²) in [6.07, 6.45) is 0. The van der Waals surface area contributed by atoms with Gasteiger partial charge in [-0.25, -0.2) is 12.8 Å². The van der Waals surface area contributed by atoms with Crippen molar-refractivity contribution in [3.63, 3.8) is 0 Å². The average Bonchev–Trinajstić information content (AvgIpc) is 2.62. The van der Waals surface area contributed by atoms with E-state index in [9.17, 15) is 27.5 Å². The quantitative estimate of drug-likeness (QED) is 0.753. The standard InChI is InChI=1S/C19H20FNO5S/c1-12(2)27(25,26)16-9-5-14(6-10-16)18(22)21-11-17(19(23)24)13-3-7-15(20)8-4-13/h3-10,12,17H,11H2,1-2H3,(H,21,22)(H,23,24). The normalized spacial score (nSPS) is 12.6. The fraction of sp³-hybridized carbons (Fsp3) is 0.263. The molecule has 0 heterocycles. The molecule has 0 aliphatic rings. The van der Waals surface area contributed by atoms with Crippen molar-refractivity contribution in [3.8, 4) is 0 Å². The topological polar surface area (TPSA) is 101 Å². The lowest BCUT2D eigenvalue weighted by molar-refractivity contribution is -0.138. The van der Waals surface area contributed by atoms with E-state index in [1.165, 1.54) is 36.4 Å². The van der Waals surface area contributed by atoms with Crippen LogP contribution in [-0.2, 0) is 14.6 Å². The van der Waals surface area contributed by atoms with Crippen LogP contribution in [0.4, 0.5) is 4.39 Å². The Morgan fingerprint density at radius 3 is 2.07 bits per heavy atom. The van der Waals surface area contributed by atoms with Gasteiger partial charge < -0.3 is 10.4 Å². The number of carboxylic acids is 1. The minimum atomic E-state index is -3.44. The average molecular weight is 393 g/mol. The number of carboxylic acid groups (broad SMARTS) is 1. The van der Waals surface area contributed by atoms with Crippen molar-refractivity contribution < 1.29 is 27.5 Å². The Hall–Kier alpha value is -2.74. The predicted molar refractivity (Wildman–Crippen MR) is 97.9 cm³/mol. The summed E-state index contributed by atoms with van der Waals surface area (Å²) in [5, 5.41) is 11.3. The van der Waals surface area contributed by atoms with Gasteiger partial charge in [0.1, 0.15) is 5.82 Å². The number of hydrogen-bond acceptors (Lipinski definition) is 4. The van der Waals surface area contributed by atoms with E-state index < -0.39 is 38.7 Å². The molecular formula is C19H20FNO5S. The second-order valence-corrected chi connectivity index (χ2v) is 8.77.